The number of hydrazone groups is 1. The topological polar surface area (TPSA) is 71.7 Å². The van der Waals surface area contributed by atoms with Crippen LogP contribution in [0.25, 0.3) is 0 Å². The molecular formula is C17H17IN2O3S. The Balaban J connectivity index is 1.81. The molecule has 0 fully saturated rings. The SMILES string of the molecule is CC1=C(I)/C(=N/NS(=O)(=O)c2ccc(C)cc2)C[C@@H]1c1ccoc1. The molecule has 0 spiro atoms. The van der Waals surface area contributed by atoms with Crippen molar-refractivity contribution in [3.05, 3.63) is 63.1 Å². The maximum absolute atomic E-state index is 12.3. The van der Waals surface area contributed by atoms with Gasteiger partial charge in [0, 0.05) is 15.9 Å². The van der Waals surface area contributed by atoms with Gasteiger partial charge in [0.25, 0.3) is 10.0 Å². The molecule has 126 valence electrons. The van der Waals surface area contributed by atoms with Crippen LogP contribution in [0.1, 0.15) is 30.4 Å². The summed E-state index contributed by atoms with van der Waals surface area (Å²) in [5.41, 5.74) is 4.00. The quantitative estimate of drug-likeness (QED) is 0.556. The van der Waals surface area contributed by atoms with Gasteiger partial charge in [0.05, 0.1) is 23.1 Å². The van der Waals surface area contributed by atoms with Crippen molar-refractivity contribution >= 4 is 38.3 Å². The molecule has 24 heavy (non-hydrogen) atoms. The van der Waals surface area contributed by atoms with Gasteiger partial charge in [-0.25, -0.2) is 0 Å². The van der Waals surface area contributed by atoms with Gasteiger partial charge in [0.15, 0.2) is 0 Å². The number of furan rings is 1. The molecule has 1 heterocycles. The lowest BCUT2D eigenvalue weighted by Gasteiger charge is -2.08. The fourth-order valence-electron chi connectivity index (χ4n) is 2.64. The Bertz CT molecular complexity index is 898. The van der Waals surface area contributed by atoms with Crippen molar-refractivity contribution in [2.75, 3.05) is 0 Å². The second kappa shape index (κ2) is 6.72. The zero-order valence-electron chi connectivity index (χ0n) is 13.3. The Morgan fingerprint density at radius 2 is 1.92 bits per heavy atom. The molecule has 0 saturated heterocycles. The molecule has 5 nitrogen and oxygen atoms in total. The molecule has 1 aromatic carbocycles. The van der Waals surface area contributed by atoms with Crippen LogP contribution in [0.2, 0.25) is 0 Å². The summed E-state index contributed by atoms with van der Waals surface area (Å²) in [7, 11) is -3.66. The van der Waals surface area contributed by atoms with E-state index in [-0.39, 0.29) is 10.8 Å². The average molecular weight is 456 g/mol. The first-order valence-electron chi connectivity index (χ1n) is 7.42. The Morgan fingerprint density at radius 1 is 1.21 bits per heavy atom. The van der Waals surface area contributed by atoms with Crippen LogP contribution in [-0.2, 0) is 10.0 Å². The van der Waals surface area contributed by atoms with Crippen LogP contribution >= 0.6 is 22.6 Å². The van der Waals surface area contributed by atoms with Crippen LogP contribution in [0.3, 0.4) is 0 Å². The Hall–Kier alpha value is -1.61. The van der Waals surface area contributed by atoms with Crippen molar-refractivity contribution in [2.45, 2.75) is 31.1 Å². The van der Waals surface area contributed by atoms with E-state index in [4.69, 9.17) is 4.42 Å². The summed E-state index contributed by atoms with van der Waals surface area (Å²) in [4.78, 5) is 2.56. The third-order valence-electron chi connectivity index (χ3n) is 4.10. The smallest absolute Gasteiger partial charge is 0.276 e. The highest BCUT2D eigenvalue weighted by molar-refractivity contribution is 14.1. The van der Waals surface area contributed by atoms with Crippen molar-refractivity contribution in [1.29, 1.82) is 0 Å². The van der Waals surface area contributed by atoms with E-state index in [1.165, 1.54) is 5.57 Å². The summed E-state index contributed by atoms with van der Waals surface area (Å²) >= 11 is 2.21. The van der Waals surface area contributed by atoms with Gasteiger partial charge in [-0.15, -0.1) is 0 Å². The summed E-state index contributed by atoms with van der Waals surface area (Å²) < 4.78 is 30.8. The molecule has 1 aliphatic carbocycles. The highest BCUT2D eigenvalue weighted by Gasteiger charge is 2.29. The predicted octanol–water partition coefficient (Wildman–Crippen LogP) is 4.12. The second-order valence-corrected chi connectivity index (χ2v) is 8.52. The number of aryl methyl sites for hydroxylation is 1. The summed E-state index contributed by atoms with van der Waals surface area (Å²) in [6, 6.07) is 8.61. The van der Waals surface area contributed by atoms with Gasteiger partial charge in [0.1, 0.15) is 0 Å². The van der Waals surface area contributed by atoms with E-state index in [0.29, 0.717) is 6.42 Å². The number of hydrogen-bond acceptors (Lipinski definition) is 4. The largest absolute Gasteiger partial charge is 0.472 e. The van der Waals surface area contributed by atoms with Crippen molar-refractivity contribution in [1.82, 2.24) is 4.83 Å². The third kappa shape index (κ3) is 3.41. The molecule has 0 radical (unpaired) electrons. The highest BCUT2D eigenvalue weighted by atomic mass is 127. The molecule has 3 rings (SSSR count). The summed E-state index contributed by atoms with van der Waals surface area (Å²) in [6.45, 7) is 3.95. The standard InChI is InChI=1S/C17H17IN2O3S/c1-11-3-5-14(6-4-11)24(21,22)20-19-16-9-15(12(2)17(16)18)13-7-8-23-10-13/h3-8,10,15,20H,9H2,1-2H3/b19-16+/t15-/m0/s1. The minimum Gasteiger partial charge on any atom is -0.472 e. The lowest BCUT2D eigenvalue weighted by molar-refractivity contribution is 0.562. The molecule has 0 bridgehead atoms. The number of nitrogens with zero attached hydrogens (tertiary/aromatic N) is 1. The predicted molar refractivity (Wildman–Crippen MR) is 102 cm³/mol. The van der Waals surface area contributed by atoms with Crippen LogP contribution < -0.4 is 4.83 Å². The maximum Gasteiger partial charge on any atom is 0.276 e. The van der Waals surface area contributed by atoms with Gasteiger partial charge in [-0.2, -0.15) is 18.4 Å². The zero-order valence-corrected chi connectivity index (χ0v) is 16.3. The lowest BCUT2D eigenvalue weighted by atomic mass is 9.96. The molecule has 0 saturated carbocycles. The normalized spacial score (nSPS) is 20.0. The van der Waals surface area contributed by atoms with Crippen LogP contribution in [0.5, 0.6) is 0 Å². The van der Waals surface area contributed by atoms with E-state index in [9.17, 15) is 8.42 Å². The number of hydrogen-bond donors (Lipinski definition) is 1. The molecule has 2 aromatic rings. The van der Waals surface area contributed by atoms with Crippen molar-refractivity contribution in [3.8, 4) is 0 Å². The van der Waals surface area contributed by atoms with Gasteiger partial charge < -0.3 is 4.42 Å². The summed E-state index contributed by atoms with van der Waals surface area (Å²) in [5.74, 6) is 0.179. The van der Waals surface area contributed by atoms with E-state index in [1.54, 1.807) is 36.8 Å². The average Bonchev–Trinajstić information content (AvgIpc) is 3.16. The minimum atomic E-state index is -3.66. The number of nitrogens with one attached hydrogen (secondary N) is 1. The van der Waals surface area contributed by atoms with Crippen LogP contribution in [0.4, 0.5) is 0 Å². The van der Waals surface area contributed by atoms with Crippen molar-refractivity contribution in [2.24, 2.45) is 5.10 Å². The lowest BCUT2D eigenvalue weighted by Crippen LogP contribution is -2.20. The van der Waals surface area contributed by atoms with Gasteiger partial charge in [-0.05, 0) is 60.2 Å². The molecular weight excluding hydrogens is 439 g/mol. The number of rotatable bonds is 4. The fraction of sp³-hybridized carbons (Fsp3) is 0.235. The molecule has 1 aromatic heterocycles. The Labute approximate surface area is 155 Å². The zero-order chi connectivity index (χ0) is 17.3. The first kappa shape index (κ1) is 17.2. The number of allylic oxidation sites excluding steroid dienone is 2. The van der Waals surface area contributed by atoms with Crippen LogP contribution in [0.15, 0.2) is 66.4 Å². The second-order valence-electron chi connectivity index (χ2n) is 5.78. The number of benzene rings is 1. The summed E-state index contributed by atoms with van der Waals surface area (Å²) in [5, 5.41) is 4.17. The molecule has 1 aliphatic rings. The van der Waals surface area contributed by atoms with Crippen molar-refractivity contribution in [3.63, 3.8) is 0 Å². The van der Waals surface area contributed by atoms with E-state index >= 15 is 0 Å². The van der Waals surface area contributed by atoms with Gasteiger partial charge in [-0.1, -0.05) is 23.3 Å². The third-order valence-corrected chi connectivity index (χ3v) is 6.80. The number of halogens is 1. The molecule has 0 amide bonds. The Morgan fingerprint density at radius 3 is 2.54 bits per heavy atom. The molecule has 1 atom stereocenters. The van der Waals surface area contributed by atoms with Crippen molar-refractivity contribution < 1.29 is 12.8 Å². The molecule has 1 N–H and O–H groups in total. The monoisotopic (exact) mass is 456 g/mol. The maximum atomic E-state index is 12.3. The Kier molecular flexibility index (Phi) is 4.82. The minimum absolute atomic E-state index is 0.179. The van der Waals surface area contributed by atoms with Gasteiger partial charge in [-0.3, -0.25) is 0 Å². The highest BCUT2D eigenvalue weighted by Crippen LogP contribution is 2.40. The first-order chi connectivity index (χ1) is 11.4. The van der Waals surface area contributed by atoms with Crippen LogP contribution in [0, 0.1) is 6.92 Å². The first-order valence-corrected chi connectivity index (χ1v) is 9.98. The molecule has 7 heteroatoms. The van der Waals surface area contributed by atoms with Gasteiger partial charge in [0.2, 0.25) is 0 Å². The van der Waals surface area contributed by atoms with E-state index in [0.717, 1.165) is 20.4 Å². The molecule has 0 unspecified atom stereocenters. The molecule has 0 aliphatic heterocycles. The van der Waals surface area contributed by atoms with E-state index in [1.807, 2.05) is 19.9 Å². The van der Waals surface area contributed by atoms with E-state index < -0.39 is 10.0 Å². The van der Waals surface area contributed by atoms with Gasteiger partial charge >= 0.3 is 0 Å². The van der Waals surface area contributed by atoms with Crippen LogP contribution in [-0.4, -0.2) is 14.1 Å². The summed E-state index contributed by atoms with van der Waals surface area (Å²) in [6.07, 6.45) is 4.02. The fourth-order valence-corrected chi connectivity index (χ4v) is 4.18. The number of sulfonamides is 1. The van der Waals surface area contributed by atoms with E-state index in [2.05, 4.69) is 32.5 Å².